The zero-order valence-electron chi connectivity index (χ0n) is 13.9. The van der Waals surface area contributed by atoms with Gasteiger partial charge in [-0.05, 0) is 59.7 Å². The zero-order chi connectivity index (χ0) is 18.3. The number of nitrogens with two attached hydrogens (primary N) is 2. The van der Waals surface area contributed by atoms with E-state index in [0.29, 0.717) is 36.5 Å². The Morgan fingerprint density at radius 1 is 1.27 bits per heavy atom. The summed E-state index contributed by atoms with van der Waals surface area (Å²) < 4.78 is 3.13. The van der Waals surface area contributed by atoms with Gasteiger partial charge in [-0.1, -0.05) is 11.8 Å². The highest BCUT2D eigenvalue weighted by atomic mass is 127. The van der Waals surface area contributed by atoms with Gasteiger partial charge in [0, 0.05) is 27.0 Å². The fourth-order valence-electron chi connectivity index (χ4n) is 3.08. The first-order chi connectivity index (χ1) is 12.6. The van der Waals surface area contributed by atoms with Crippen LogP contribution in [-0.4, -0.2) is 31.8 Å². The third-order valence-electron chi connectivity index (χ3n) is 4.39. The maximum Gasteiger partial charge on any atom is 0.175 e. The van der Waals surface area contributed by atoms with Crippen LogP contribution in [0.5, 0.6) is 0 Å². The van der Waals surface area contributed by atoms with Gasteiger partial charge in [-0.15, -0.1) is 0 Å². The predicted octanol–water partition coefficient (Wildman–Crippen LogP) is 2.64. The van der Waals surface area contributed by atoms with Crippen LogP contribution >= 0.6 is 34.4 Å². The fraction of sp³-hybridized carbons (Fsp3) is 0.294. The Balaban J connectivity index is 1.79. The third-order valence-corrected chi connectivity index (χ3v) is 6.70. The van der Waals surface area contributed by atoms with Gasteiger partial charge in [0.2, 0.25) is 0 Å². The SMILES string of the molecule is NCCCn1c(Sc2cc3c(cc2I)CCC3=O)nc2c(N)ncnc21. The van der Waals surface area contributed by atoms with Crippen LogP contribution in [0.3, 0.4) is 0 Å². The molecule has 4 rings (SSSR count). The summed E-state index contributed by atoms with van der Waals surface area (Å²) in [5, 5.41) is 0.781. The van der Waals surface area contributed by atoms with Gasteiger partial charge in [0.05, 0.1) is 0 Å². The lowest BCUT2D eigenvalue weighted by molar-refractivity contribution is 0.0994. The minimum Gasteiger partial charge on any atom is -0.382 e. The van der Waals surface area contributed by atoms with Gasteiger partial charge in [0.25, 0.3) is 0 Å². The lowest BCUT2D eigenvalue weighted by Crippen LogP contribution is -2.07. The number of hydrogen-bond acceptors (Lipinski definition) is 7. The number of nitrogens with zero attached hydrogens (tertiary/aromatic N) is 4. The number of nitrogen functional groups attached to an aromatic ring is 1. The molecule has 1 aliphatic carbocycles. The number of aryl methyl sites for hydroxylation is 2. The van der Waals surface area contributed by atoms with Crippen LogP contribution in [0.1, 0.15) is 28.8 Å². The van der Waals surface area contributed by atoms with Crippen molar-refractivity contribution in [3.8, 4) is 0 Å². The molecule has 7 nitrogen and oxygen atoms in total. The molecule has 0 spiro atoms. The van der Waals surface area contributed by atoms with Crippen molar-refractivity contribution in [1.82, 2.24) is 19.5 Å². The number of fused-ring (bicyclic) bond motifs is 2. The van der Waals surface area contributed by atoms with E-state index >= 15 is 0 Å². The molecule has 0 radical (unpaired) electrons. The molecule has 0 fully saturated rings. The van der Waals surface area contributed by atoms with Gasteiger partial charge in [-0.3, -0.25) is 4.79 Å². The van der Waals surface area contributed by atoms with E-state index in [1.165, 1.54) is 18.1 Å². The average molecular weight is 480 g/mol. The Morgan fingerprint density at radius 3 is 2.92 bits per heavy atom. The maximum atomic E-state index is 12.1. The van der Waals surface area contributed by atoms with Crippen molar-refractivity contribution >= 4 is 57.1 Å². The van der Waals surface area contributed by atoms with E-state index in [1.54, 1.807) is 0 Å². The predicted molar refractivity (Wildman–Crippen MR) is 109 cm³/mol. The van der Waals surface area contributed by atoms with E-state index in [0.717, 1.165) is 37.6 Å². The number of anilines is 1. The number of Topliss-reactive ketones (excluding diaryl/α,β-unsaturated/α-hetero) is 1. The number of imidazole rings is 1. The molecular weight excluding hydrogens is 463 g/mol. The van der Waals surface area contributed by atoms with E-state index < -0.39 is 0 Å². The summed E-state index contributed by atoms with van der Waals surface area (Å²) >= 11 is 3.83. The van der Waals surface area contributed by atoms with Crippen molar-refractivity contribution in [3.05, 3.63) is 33.2 Å². The summed E-state index contributed by atoms with van der Waals surface area (Å²) in [5.41, 5.74) is 14.9. The summed E-state index contributed by atoms with van der Waals surface area (Å²) in [7, 11) is 0. The molecule has 1 aromatic carbocycles. The number of aromatic nitrogens is 4. The molecule has 0 saturated carbocycles. The van der Waals surface area contributed by atoms with Crippen LogP contribution in [0.4, 0.5) is 5.82 Å². The van der Waals surface area contributed by atoms with E-state index in [4.69, 9.17) is 11.5 Å². The molecule has 2 aromatic heterocycles. The van der Waals surface area contributed by atoms with Gasteiger partial charge in [0.15, 0.2) is 27.9 Å². The molecular formula is C17H17IN6OS. The number of halogens is 1. The molecule has 0 amide bonds. The van der Waals surface area contributed by atoms with Crippen molar-refractivity contribution in [2.75, 3.05) is 12.3 Å². The summed E-state index contributed by atoms with van der Waals surface area (Å²) in [6.45, 7) is 1.28. The van der Waals surface area contributed by atoms with Gasteiger partial charge in [0.1, 0.15) is 6.33 Å². The van der Waals surface area contributed by atoms with E-state index in [9.17, 15) is 4.79 Å². The summed E-state index contributed by atoms with van der Waals surface area (Å²) in [4.78, 5) is 26.1. The highest BCUT2D eigenvalue weighted by molar-refractivity contribution is 14.1. The molecule has 4 N–H and O–H groups in total. The number of hydrogen-bond donors (Lipinski definition) is 2. The Kier molecular flexibility index (Phi) is 4.84. The van der Waals surface area contributed by atoms with Crippen molar-refractivity contribution < 1.29 is 4.79 Å². The van der Waals surface area contributed by atoms with Crippen LogP contribution < -0.4 is 11.5 Å². The van der Waals surface area contributed by atoms with Crippen molar-refractivity contribution in [3.63, 3.8) is 0 Å². The normalized spacial score (nSPS) is 13.5. The number of ketones is 1. The summed E-state index contributed by atoms with van der Waals surface area (Å²) in [6.07, 6.45) is 3.68. The molecule has 3 aromatic rings. The molecule has 2 heterocycles. The smallest absolute Gasteiger partial charge is 0.175 e. The highest BCUT2D eigenvalue weighted by Gasteiger charge is 2.23. The first kappa shape index (κ1) is 17.7. The van der Waals surface area contributed by atoms with E-state index in [-0.39, 0.29) is 5.78 Å². The highest BCUT2D eigenvalue weighted by Crippen LogP contribution is 2.37. The van der Waals surface area contributed by atoms with Crippen LogP contribution in [-0.2, 0) is 13.0 Å². The molecule has 1 aliphatic rings. The molecule has 0 atom stereocenters. The van der Waals surface area contributed by atoms with Crippen molar-refractivity contribution in [1.29, 1.82) is 0 Å². The maximum absolute atomic E-state index is 12.1. The van der Waals surface area contributed by atoms with Gasteiger partial charge >= 0.3 is 0 Å². The Morgan fingerprint density at radius 2 is 2.12 bits per heavy atom. The Labute approximate surface area is 168 Å². The summed E-state index contributed by atoms with van der Waals surface area (Å²) in [6, 6.07) is 4.09. The second kappa shape index (κ2) is 7.12. The molecule has 0 unspecified atom stereocenters. The number of carbonyl (C=O) groups is 1. The quantitative estimate of drug-likeness (QED) is 0.540. The Hall–Kier alpha value is -1.72. The van der Waals surface area contributed by atoms with Gasteiger partial charge < -0.3 is 16.0 Å². The largest absolute Gasteiger partial charge is 0.382 e. The molecule has 26 heavy (non-hydrogen) atoms. The topological polar surface area (TPSA) is 113 Å². The van der Waals surface area contributed by atoms with Gasteiger partial charge in [-0.25, -0.2) is 15.0 Å². The lowest BCUT2D eigenvalue weighted by Gasteiger charge is -2.10. The minimum absolute atomic E-state index is 0.213. The van der Waals surface area contributed by atoms with Crippen molar-refractivity contribution in [2.45, 2.75) is 35.9 Å². The fourth-order valence-corrected chi connectivity index (χ4v) is 4.90. The third kappa shape index (κ3) is 3.08. The second-order valence-corrected chi connectivity index (χ2v) is 8.26. The first-order valence-electron chi connectivity index (χ1n) is 8.28. The number of benzene rings is 1. The number of rotatable bonds is 5. The molecule has 9 heteroatoms. The molecule has 134 valence electrons. The molecule has 0 aliphatic heterocycles. The van der Waals surface area contributed by atoms with Gasteiger partial charge in [-0.2, -0.15) is 0 Å². The Bertz CT molecular complexity index is 1020. The minimum atomic E-state index is 0.213. The lowest BCUT2D eigenvalue weighted by atomic mass is 10.1. The zero-order valence-corrected chi connectivity index (χ0v) is 16.9. The first-order valence-corrected chi connectivity index (χ1v) is 10.2. The summed E-state index contributed by atoms with van der Waals surface area (Å²) in [5.74, 6) is 0.576. The monoisotopic (exact) mass is 480 g/mol. The van der Waals surface area contributed by atoms with Crippen LogP contribution in [0, 0.1) is 3.57 Å². The average Bonchev–Trinajstić information content (AvgIpc) is 3.15. The standard InChI is InChI=1S/C17H17IN6OS/c18-11-6-9-2-3-12(25)10(9)7-13(11)26-17-23-14-15(20)21-8-22-16(14)24(17)5-1-4-19/h6-8H,1-5,19H2,(H2,20,21,22). The second-order valence-electron chi connectivity index (χ2n) is 6.08. The van der Waals surface area contributed by atoms with E-state index in [2.05, 4.69) is 43.6 Å². The van der Waals surface area contributed by atoms with E-state index in [1.807, 2.05) is 10.6 Å². The molecule has 0 bridgehead atoms. The van der Waals surface area contributed by atoms with Crippen molar-refractivity contribution in [2.24, 2.45) is 5.73 Å². The molecule has 0 saturated heterocycles. The van der Waals surface area contributed by atoms with Crippen LogP contribution in [0.15, 0.2) is 28.5 Å². The van der Waals surface area contributed by atoms with Crippen LogP contribution in [0.25, 0.3) is 11.2 Å². The number of carbonyl (C=O) groups excluding carboxylic acids is 1. The van der Waals surface area contributed by atoms with Crippen LogP contribution in [0.2, 0.25) is 0 Å².